The minimum atomic E-state index is -0.160. The zero-order valence-electron chi connectivity index (χ0n) is 12.4. The van der Waals surface area contributed by atoms with Crippen LogP contribution in [0, 0.1) is 5.92 Å². The van der Waals surface area contributed by atoms with Crippen LogP contribution in [0.2, 0.25) is 0 Å². The van der Waals surface area contributed by atoms with E-state index in [0.717, 1.165) is 32.7 Å². The standard InChI is InChI=1S/C14H30N2O2/c1-5-7-15-13-6-8-18-10-12(13)9-16(4)14(2,3)11-17/h12-13,15,17H,5-11H2,1-4H3. The monoisotopic (exact) mass is 258 g/mol. The van der Waals surface area contributed by atoms with Gasteiger partial charge in [-0.1, -0.05) is 6.92 Å². The first-order valence-corrected chi connectivity index (χ1v) is 7.14. The number of aliphatic hydroxyl groups excluding tert-OH is 1. The van der Waals surface area contributed by atoms with Crippen molar-refractivity contribution in [2.45, 2.75) is 45.2 Å². The molecule has 0 spiro atoms. The van der Waals surface area contributed by atoms with Crippen LogP contribution >= 0.6 is 0 Å². The van der Waals surface area contributed by atoms with Gasteiger partial charge in [-0.05, 0) is 40.3 Å². The van der Waals surface area contributed by atoms with Crippen LogP contribution in [0.25, 0.3) is 0 Å². The second kappa shape index (κ2) is 7.43. The SMILES string of the molecule is CCCNC1CCOCC1CN(C)C(C)(C)CO. The highest BCUT2D eigenvalue weighted by molar-refractivity contribution is 4.86. The fourth-order valence-corrected chi connectivity index (χ4v) is 2.29. The highest BCUT2D eigenvalue weighted by Crippen LogP contribution is 2.20. The third-order valence-electron chi connectivity index (χ3n) is 4.06. The Morgan fingerprint density at radius 1 is 1.44 bits per heavy atom. The lowest BCUT2D eigenvalue weighted by Crippen LogP contribution is -2.52. The molecule has 1 saturated heterocycles. The third-order valence-corrected chi connectivity index (χ3v) is 4.06. The largest absolute Gasteiger partial charge is 0.394 e. The summed E-state index contributed by atoms with van der Waals surface area (Å²) in [5.41, 5.74) is -0.160. The van der Waals surface area contributed by atoms with E-state index in [1.807, 2.05) is 0 Å². The lowest BCUT2D eigenvalue weighted by Gasteiger charge is -2.40. The second-order valence-corrected chi connectivity index (χ2v) is 6.04. The van der Waals surface area contributed by atoms with E-state index >= 15 is 0 Å². The lowest BCUT2D eigenvalue weighted by molar-refractivity contribution is -0.00413. The van der Waals surface area contributed by atoms with Gasteiger partial charge in [0.1, 0.15) is 0 Å². The van der Waals surface area contributed by atoms with E-state index in [2.05, 4.69) is 38.0 Å². The molecule has 108 valence electrons. The average molecular weight is 258 g/mol. The molecule has 0 radical (unpaired) electrons. The fourth-order valence-electron chi connectivity index (χ4n) is 2.29. The van der Waals surface area contributed by atoms with Gasteiger partial charge in [0.15, 0.2) is 0 Å². The van der Waals surface area contributed by atoms with Gasteiger partial charge in [0.05, 0.1) is 13.2 Å². The van der Waals surface area contributed by atoms with Crippen molar-refractivity contribution < 1.29 is 9.84 Å². The number of hydrogen-bond acceptors (Lipinski definition) is 4. The van der Waals surface area contributed by atoms with Crippen molar-refractivity contribution in [2.24, 2.45) is 5.92 Å². The number of aliphatic hydroxyl groups is 1. The molecule has 0 saturated carbocycles. The number of rotatable bonds is 7. The molecule has 1 fully saturated rings. The Balaban J connectivity index is 2.50. The molecule has 0 bridgehead atoms. The molecule has 1 aliphatic heterocycles. The van der Waals surface area contributed by atoms with Crippen LogP contribution in [-0.2, 0) is 4.74 Å². The first-order chi connectivity index (χ1) is 8.51. The van der Waals surface area contributed by atoms with Crippen molar-refractivity contribution in [2.75, 3.05) is 40.0 Å². The van der Waals surface area contributed by atoms with Crippen LogP contribution in [0.3, 0.4) is 0 Å². The summed E-state index contributed by atoms with van der Waals surface area (Å²) in [6.07, 6.45) is 2.26. The number of likely N-dealkylation sites (N-methyl/N-ethyl adjacent to an activating group) is 1. The predicted octanol–water partition coefficient (Wildman–Crippen LogP) is 1.09. The maximum absolute atomic E-state index is 9.41. The molecule has 18 heavy (non-hydrogen) atoms. The summed E-state index contributed by atoms with van der Waals surface area (Å²) in [6, 6.07) is 0.552. The Morgan fingerprint density at radius 2 is 2.17 bits per heavy atom. The van der Waals surface area contributed by atoms with Gasteiger partial charge >= 0.3 is 0 Å². The second-order valence-electron chi connectivity index (χ2n) is 6.04. The van der Waals surface area contributed by atoms with Crippen molar-refractivity contribution in [3.8, 4) is 0 Å². The van der Waals surface area contributed by atoms with Gasteiger partial charge < -0.3 is 15.2 Å². The van der Waals surface area contributed by atoms with E-state index in [4.69, 9.17) is 4.74 Å². The minimum Gasteiger partial charge on any atom is -0.394 e. The van der Waals surface area contributed by atoms with Crippen LogP contribution in [0.4, 0.5) is 0 Å². The average Bonchev–Trinajstić information content (AvgIpc) is 2.37. The van der Waals surface area contributed by atoms with E-state index in [1.165, 1.54) is 6.42 Å². The number of nitrogens with zero attached hydrogens (tertiary/aromatic N) is 1. The topological polar surface area (TPSA) is 44.7 Å². The van der Waals surface area contributed by atoms with Crippen molar-refractivity contribution >= 4 is 0 Å². The van der Waals surface area contributed by atoms with Crippen LogP contribution in [0.5, 0.6) is 0 Å². The maximum atomic E-state index is 9.41. The molecule has 0 amide bonds. The predicted molar refractivity (Wildman–Crippen MR) is 74.8 cm³/mol. The maximum Gasteiger partial charge on any atom is 0.0609 e. The molecule has 4 heteroatoms. The van der Waals surface area contributed by atoms with Crippen LogP contribution in [0.15, 0.2) is 0 Å². The van der Waals surface area contributed by atoms with Crippen molar-refractivity contribution in [3.63, 3.8) is 0 Å². The molecule has 0 aliphatic carbocycles. The summed E-state index contributed by atoms with van der Waals surface area (Å²) in [5, 5.41) is 13.0. The molecule has 0 aromatic carbocycles. The normalized spacial score (nSPS) is 25.7. The highest BCUT2D eigenvalue weighted by atomic mass is 16.5. The molecule has 1 rings (SSSR count). The Hall–Kier alpha value is -0.160. The van der Waals surface area contributed by atoms with Gasteiger partial charge in [-0.3, -0.25) is 4.90 Å². The molecule has 0 aromatic rings. The summed E-state index contributed by atoms with van der Waals surface area (Å²) in [7, 11) is 2.09. The van der Waals surface area contributed by atoms with Crippen LogP contribution in [-0.4, -0.2) is 61.5 Å². The quantitative estimate of drug-likeness (QED) is 0.717. The molecule has 0 aromatic heterocycles. The highest BCUT2D eigenvalue weighted by Gasteiger charge is 2.30. The van der Waals surface area contributed by atoms with Gasteiger partial charge in [-0.2, -0.15) is 0 Å². The summed E-state index contributed by atoms with van der Waals surface area (Å²) in [6.45, 7) is 10.3. The summed E-state index contributed by atoms with van der Waals surface area (Å²) >= 11 is 0. The summed E-state index contributed by atoms with van der Waals surface area (Å²) in [4.78, 5) is 2.24. The zero-order chi connectivity index (χ0) is 13.6. The Kier molecular flexibility index (Phi) is 6.57. The third kappa shape index (κ3) is 4.50. The van der Waals surface area contributed by atoms with Gasteiger partial charge in [0.25, 0.3) is 0 Å². The van der Waals surface area contributed by atoms with Crippen LogP contribution in [0.1, 0.15) is 33.6 Å². The number of hydrogen-bond donors (Lipinski definition) is 2. The molecule has 1 heterocycles. The number of ether oxygens (including phenoxy) is 1. The first-order valence-electron chi connectivity index (χ1n) is 7.14. The minimum absolute atomic E-state index is 0.160. The van der Waals surface area contributed by atoms with Crippen molar-refractivity contribution in [1.29, 1.82) is 0 Å². The smallest absolute Gasteiger partial charge is 0.0609 e. The van der Waals surface area contributed by atoms with Gasteiger partial charge in [0.2, 0.25) is 0 Å². The van der Waals surface area contributed by atoms with E-state index < -0.39 is 0 Å². The summed E-state index contributed by atoms with van der Waals surface area (Å²) in [5.74, 6) is 0.515. The molecule has 2 unspecified atom stereocenters. The molecule has 2 N–H and O–H groups in total. The van der Waals surface area contributed by atoms with Crippen molar-refractivity contribution in [1.82, 2.24) is 10.2 Å². The number of nitrogens with one attached hydrogen (secondary N) is 1. The van der Waals surface area contributed by atoms with E-state index in [0.29, 0.717) is 12.0 Å². The van der Waals surface area contributed by atoms with E-state index in [1.54, 1.807) is 0 Å². The zero-order valence-corrected chi connectivity index (χ0v) is 12.4. The molecular formula is C14H30N2O2. The molecule has 1 aliphatic rings. The Bertz CT molecular complexity index is 234. The fraction of sp³-hybridized carbons (Fsp3) is 1.00. The summed E-state index contributed by atoms with van der Waals surface area (Å²) < 4.78 is 5.61. The molecular weight excluding hydrogens is 228 g/mol. The van der Waals surface area contributed by atoms with Gasteiger partial charge in [-0.25, -0.2) is 0 Å². The van der Waals surface area contributed by atoms with E-state index in [-0.39, 0.29) is 12.1 Å². The lowest BCUT2D eigenvalue weighted by atomic mass is 9.93. The van der Waals surface area contributed by atoms with Gasteiger partial charge in [-0.15, -0.1) is 0 Å². The van der Waals surface area contributed by atoms with Gasteiger partial charge in [0, 0.05) is 30.7 Å². The van der Waals surface area contributed by atoms with Crippen LogP contribution < -0.4 is 5.32 Å². The molecule has 4 nitrogen and oxygen atoms in total. The molecule has 2 atom stereocenters. The Morgan fingerprint density at radius 3 is 2.78 bits per heavy atom. The Labute approximate surface area is 112 Å². The van der Waals surface area contributed by atoms with E-state index in [9.17, 15) is 5.11 Å². The van der Waals surface area contributed by atoms with Crippen molar-refractivity contribution in [3.05, 3.63) is 0 Å². The first kappa shape index (κ1) is 15.9.